The third kappa shape index (κ3) is 2.62. The van der Waals surface area contributed by atoms with Gasteiger partial charge in [-0.25, -0.2) is 4.39 Å². The summed E-state index contributed by atoms with van der Waals surface area (Å²) in [6.07, 6.45) is 2.26. The highest BCUT2D eigenvalue weighted by Crippen LogP contribution is 2.53. The average molecular weight is 221 g/mol. The monoisotopic (exact) mass is 221 g/mol. The Labute approximate surface area is 97.1 Å². The number of hydrogen-bond donors (Lipinski definition) is 1. The van der Waals surface area contributed by atoms with E-state index < -0.39 is 0 Å². The van der Waals surface area contributed by atoms with Crippen molar-refractivity contribution in [3.63, 3.8) is 0 Å². The van der Waals surface area contributed by atoms with Gasteiger partial charge in [-0.1, -0.05) is 26.0 Å². The van der Waals surface area contributed by atoms with Crippen LogP contribution >= 0.6 is 0 Å². The van der Waals surface area contributed by atoms with Crippen LogP contribution < -0.4 is 5.32 Å². The minimum atomic E-state index is -0.120. The Morgan fingerprint density at radius 1 is 1.50 bits per heavy atom. The summed E-state index contributed by atoms with van der Waals surface area (Å²) >= 11 is 0. The molecule has 2 rings (SSSR count). The van der Waals surface area contributed by atoms with Crippen LogP contribution in [0.4, 0.5) is 4.39 Å². The molecule has 2 heteroatoms. The van der Waals surface area contributed by atoms with Gasteiger partial charge < -0.3 is 5.32 Å². The summed E-state index contributed by atoms with van der Waals surface area (Å²) in [7, 11) is 0. The lowest BCUT2D eigenvalue weighted by molar-refractivity contribution is 0.479. The van der Waals surface area contributed by atoms with Crippen molar-refractivity contribution in [3.05, 3.63) is 35.6 Å². The molecule has 1 aromatic rings. The Balaban J connectivity index is 1.91. The summed E-state index contributed by atoms with van der Waals surface area (Å²) < 4.78 is 13.1. The van der Waals surface area contributed by atoms with Gasteiger partial charge in [0, 0.05) is 0 Å². The smallest absolute Gasteiger partial charge is 0.123 e. The lowest BCUT2D eigenvalue weighted by Crippen LogP contribution is -2.19. The first-order valence-electron chi connectivity index (χ1n) is 6.09. The van der Waals surface area contributed by atoms with Crippen molar-refractivity contribution in [2.75, 3.05) is 13.1 Å². The van der Waals surface area contributed by atoms with E-state index in [1.807, 2.05) is 6.07 Å². The molecule has 1 nitrogen and oxygen atoms in total. The van der Waals surface area contributed by atoms with Crippen molar-refractivity contribution in [2.45, 2.75) is 26.7 Å². The van der Waals surface area contributed by atoms with Gasteiger partial charge in [-0.3, -0.25) is 0 Å². The third-order valence-corrected chi connectivity index (χ3v) is 3.68. The second kappa shape index (κ2) is 4.54. The van der Waals surface area contributed by atoms with Crippen LogP contribution in [0.1, 0.15) is 25.8 Å². The van der Waals surface area contributed by atoms with E-state index in [-0.39, 0.29) is 5.82 Å². The maximum atomic E-state index is 13.1. The Morgan fingerprint density at radius 2 is 2.31 bits per heavy atom. The van der Waals surface area contributed by atoms with E-state index in [1.165, 1.54) is 12.5 Å². The van der Waals surface area contributed by atoms with Crippen molar-refractivity contribution in [1.82, 2.24) is 5.32 Å². The van der Waals surface area contributed by atoms with E-state index in [0.29, 0.717) is 5.41 Å². The fourth-order valence-corrected chi connectivity index (χ4v) is 2.47. The van der Waals surface area contributed by atoms with Crippen LogP contribution in [0.2, 0.25) is 0 Å². The highest BCUT2D eigenvalue weighted by atomic mass is 19.1. The fourth-order valence-electron chi connectivity index (χ4n) is 2.47. The molecule has 1 fully saturated rings. The van der Waals surface area contributed by atoms with E-state index in [9.17, 15) is 4.39 Å². The van der Waals surface area contributed by atoms with Crippen LogP contribution in [0.5, 0.6) is 0 Å². The lowest BCUT2D eigenvalue weighted by atomic mass is 9.96. The molecular formula is C14H20FN. The number of benzene rings is 1. The van der Waals surface area contributed by atoms with Gasteiger partial charge in [-0.05, 0) is 55.0 Å². The second-order valence-electron chi connectivity index (χ2n) is 5.17. The van der Waals surface area contributed by atoms with Gasteiger partial charge in [-0.2, -0.15) is 0 Å². The van der Waals surface area contributed by atoms with Crippen molar-refractivity contribution >= 4 is 0 Å². The molecule has 1 saturated carbocycles. The largest absolute Gasteiger partial charge is 0.317 e. The van der Waals surface area contributed by atoms with Gasteiger partial charge in [0.05, 0.1) is 0 Å². The van der Waals surface area contributed by atoms with Gasteiger partial charge in [0.1, 0.15) is 5.82 Å². The van der Waals surface area contributed by atoms with Gasteiger partial charge in [0.2, 0.25) is 0 Å². The van der Waals surface area contributed by atoms with E-state index in [0.717, 1.165) is 31.0 Å². The maximum Gasteiger partial charge on any atom is 0.123 e. The van der Waals surface area contributed by atoms with Gasteiger partial charge in [-0.15, -0.1) is 0 Å². The van der Waals surface area contributed by atoms with Crippen molar-refractivity contribution in [1.29, 1.82) is 0 Å². The van der Waals surface area contributed by atoms with E-state index in [2.05, 4.69) is 19.2 Å². The quantitative estimate of drug-likeness (QED) is 0.806. The molecule has 1 aliphatic carbocycles. The first kappa shape index (κ1) is 11.6. The molecule has 0 aliphatic heterocycles. The molecule has 0 heterocycles. The number of nitrogens with one attached hydrogen (secondary N) is 1. The van der Waals surface area contributed by atoms with Crippen LogP contribution in [0.15, 0.2) is 24.3 Å². The minimum Gasteiger partial charge on any atom is -0.317 e. The molecule has 1 aromatic carbocycles. The van der Waals surface area contributed by atoms with Crippen molar-refractivity contribution in [3.8, 4) is 0 Å². The van der Waals surface area contributed by atoms with Crippen LogP contribution in [0.3, 0.4) is 0 Å². The molecule has 1 aliphatic rings. The zero-order chi connectivity index (χ0) is 11.6. The summed E-state index contributed by atoms with van der Waals surface area (Å²) in [5.74, 6) is 0.640. The molecule has 2 unspecified atom stereocenters. The highest BCUT2D eigenvalue weighted by molar-refractivity contribution is 5.20. The predicted molar refractivity (Wildman–Crippen MR) is 64.9 cm³/mol. The van der Waals surface area contributed by atoms with Crippen molar-refractivity contribution < 1.29 is 4.39 Å². The number of halogens is 1. The highest BCUT2D eigenvalue weighted by Gasteiger charge is 2.48. The normalized spacial score (nSPS) is 28.1. The molecule has 0 spiro atoms. The molecule has 88 valence electrons. The summed E-state index contributed by atoms with van der Waals surface area (Å²) in [6.45, 7) is 6.57. The molecule has 0 amide bonds. The Morgan fingerprint density at radius 3 is 3.00 bits per heavy atom. The summed E-state index contributed by atoms with van der Waals surface area (Å²) in [5, 5.41) is 3.39. The van der Waals surface area contributed by atoms with E-state index >= 15 is 0 Å². The molecule has 16 heavy (non-hydrogen) atoms. The van der Waals surface area contributed by atoms with Crippen LogP contribution in [-0.2, 0) is 6.42 Å². The Kier molecular flexibility index (Phi) is 3.29. The molecule has 2 atom stereocenters. The molecular weight excluding hydrogens is 201 g/mol. The van der Waals surface area contributed by atoms with E-state index in [1.54, 1.807) is 12.1 Å². The fraction of sp³-hybridized carbons (Fsp3) is 0.571. The Bertz CT molecular complexity index is 364. The van der Waals surface area contributed by atoms with Crippen molar-refractivity contribution in [2.24, 2.45) is 11.3 Å². The molecule has 0 radical (unpaired) electrons. The van der Waals surface area contributed by atoms with Gasteiger partial charge in [0.25, 0.3) is 0 Å². The SMILES string of the molecule is CCNCC1CC1(C)Cc1cccc(F)c1. The first-order chi connectivity index (χ1) is 7.64. The number of hydrogen-bond acceptors (Lipinski definition) is 1. The van der Waals surface area contributed by atoms with Gasteiger partial charge >= 0.3 is 0 Å². The lowest BCUT2D eigenvalue weighted by Gasteiger charge is -2.11. The van der Waals surface area contributed by atoms with Crippen LogP contribution in [-0.4, -0.2) is 13.1 Å². The summed E-state index contributed by atoms with van der Waals surface area (Å²) in [6, 6.07) is 7.00. The Hall–Kier alpha value is -0.890. The summed E-state index contributed by atoms with van der Waals surface area (Å²) in [4.78, 5) is 0. The third-order valence-electron chi connectivity index (χ3n) is 3.68. The minimum absolute atomic E-state index is 0.120. The standard InChI is InChI=1S/C14H20FN/c1-3-16-10-12-9-14(12,2)8-11-5-4-6-13(15)7-11/h4-7,12,16H,3,8-10H2,1-2H3. The zero-order valence-electron chi connectivity index (χ0n) is 10.1. The first-order valence-corrected chi connectivity index (χ1v) is 6.09. The van der Waals surface area contributed by atoms with E-state index in [4.69, 9.17) is 0 Å². The second-order valence-corrected chi connectivity index (χ2v) is 5.17. The average Bonchev–Trinajstić information content (AvgIpc) is 2.86. The van der Waals surface area contributed by atoms with Crippen LogP contribution in [0, 0.1) is 17.2 Å². The maximum absolute atomic E-state index is 13.1. The van der Waals surface area contributed by atoms with Gasteiger partial charge in [0.15, 0.2) is 0 Å². The zero-order valence-corrected chi connectivity index (χ0v) is 10.1. The summed E-state index contributed by atoms with van der Waals surface area (Å²) in [5.41, 5.74) is 1.51. The number of rotatable bonds is 5. The molecule has 0 saturated heterocycles. The molecule has 0 aromatic heterocycles. The predicted octanol–water partition coefficient (Wildman–Crippen LogP) is 3.00. The topological polar surface area (TPSA) is 12.0 Å². The van der Waals surface area contributed by atoms with Crippen LogP contribution in [0.25, 0.3) is 0 Å². The molecule has 1 N–H and O–H groups in total. The molecule has 0 bridgehead atoms.